The first kappa shape index (κ1) is 15.8. The molecule has 1 saturated heterocycles. The molecule has 3 nitrogen and oxygen atoms in total. The molecule has 0 aromatic carbocycles. The van der Waals surface area contributed by atoms with E-state index in [1.165, 1.54) is 35.1 Å². The molecule has 1 aromatic heterocycles. The molecule has 1 aliphatic heterocycles. The van der Waals surface area contributed by atoms with E-state index in [2.05, 4.69) is 44.8 Å². The van der Waals surface area contributed by atoms with Gasteiger partial charge >= 0.3 is 0 Å². The molecule has 4 heteroatoms. The average molecular weight is 295 g/mol. The van der Waals surface area contributed by atoms with Gasteiger partial charge in [0.15, 0.2) is 5.13 Å². The molecule has 2 heterocycles. The van der Waals surface area contributed by atoms with Gasteiger partial charge in [-0.2, -0.15) is 0 Å². The van der Waals surface area contributed by atoms with E-state index in [-0.39, 0.29) is 5.41 Å². The molecule has 1 N–H and O–H groups in total. The van der Waals surface area contributed by atoms with Crippen molar-refractivity contribution in [3.05, 3.63) is 10.6 Å². The van der Waals surface area contributed by atoms with E-state index in [0.29, 0.717) is 0 Å². The van der Waals surface area contributed by atoms with E-state index < -0.39 is 0 Å². The number of anilines is 1. The molecule has 0 radical (unpaired) electrons. The molecule has 0 amide bonds. The summed E-state index contributed by atoms with van der Waals surface area (Å²) >= 11 is 1.89. The van der Waals surface area contributed by atoms with Gasteiger partial charge in [0.25, 0.3) is 0 Å². The van der Waals surface area contributed by atoms with Crippen LogP contribution < -0.4 is 10.2 Å². The molecule has 0 spiro atoms. The van der Waals surface area contributed by atoms with Crippen molar-refractivity contribution in [1.29, 1.82) is 0 Å². The van der Waals surface area contributed by atoms with Gasteiger partial charge in [0.2, 0.25) is 0 Å². The predicted octanol–water partition coefficient (Wildman–Crippen LogP) is 3.79. The SMILES string of the molecule is CCNCc1sc(N2CCCC(C)C2)nc1C(C)(C)C. The van der Waals surface area contributed by atoms with Crippen molar-refractivity contribution in [3.8, 4) is 0 Å². The fourth-order valence-corrected chi connectivity index (χ4v) is 4.06. The number of hydrogen-bond donors (Lipinski definition) is 1. The smallest absolute Gasteiger partial charge is 0.185 e. The molecule has 1 atom stereocenters. The van der Waals surface area contributed by atoms with Crippen LogP contribution in [0.2, 0.25) is 0 Å². The highest BCUT2D eigenvalue weighted by atomic mass is 32.1. The number of aromatic nitrogens is 1. The number of hydrogen-bond acceptors (Lipinski definition) is 4. The summed E-state index contributed by atoms with van der Waals surface area (Å²) in [5, 5.41) is 4.68. The van der Waals surface area contributed by atoms with Crippen LogP contribution in [0.15, 0.2) is 0 Å². The minimum absolute atomic E-state index is 0.126. The van der Waals surface area contributed by atoms with Crippen LogP contribution in [0, 0.1) is 5.92 Å². The molecule has 0 bridgehead atoms. The van der Waals surface area contributed by atoms with E-state index in [1.807, 2.05) is 11.3 Å². The van der Waals surface area contributed by atoms with Gasteiger partial charge in [0, 0.05) is 29.9 Å². The normalized spacial score (nSPS) is 20.4. The standard InChI is InChI=1S/C16H29N3S/c1-6-17-10-13-14(16(3,4)5)18-15(20-13)19-9-7-8-12(2)11-19/h12,17H,6-11H2,1-5H3. The summed E-state index contributed by atoms with van der Waals surface area (Å²) in [5.41, 5.74) is 1.40. The zero-order chi connectivity index (χ0) is 14.8. The Morgan fingerprint density at radius 1 is 1.40 bits per heavy atom. The third kappa shape index (κ3) is 3.73. The van der Waals surface area contributed by atoms with Crippen LogP contribution in [0.5, 0.6) is 0 Å². The Bertz CT molecular complexity index is 433. The second-order valence-electron chi connectivity index (χ2n) is 6.99. The molecule has 20 heavy (non-hydrogen) atoms. The summed E-state index contributed by atoms with van der Waals surface area (Å²) in [4.78, 5) is 8.90. The molecular weight excluding hydrogens is 266 g/mol. The highest BCUT2D eigenvalue weighted by Gasteiger charge is 2.26. The van der Waals surface area contributed by atoms with Gasteiger partial charge in [-0.1, -0.05) is 34.6 Å². The van der Waals surface area contributed by atoms with E-state index >= 15 is 0 Å². The second kappa shape index (κ2) is 6.44. The lowest BCUT2D eigenvalue weighted by Gasteiger charge is -2.30. The maximum absolute atomic E-state index is 5.00. The Labute approximate surface area is 127 Å². The third-order valence-corrected chi connectivity index (χ3v) is 4.98. The maximum atomic E-state index is 5.00. The molecule has 2 rings (SSSR count). The molecule has 0 saturated carbocycles. The van der Waals surface area contributed by atoms with Gasteiger partial charge in [-0.05, 0) is 25.3 Å². The zero-order valence-corrected chi connectivity index (χ0v) is 14.4. The Morgan fingerprint density at radius 2 is 2.15 bits per heavy atom. The van der Waals surface area contributed by atoms with Gasteiger partial charge in [0.1, 0.15) is 0 Å². The van der Waals surface area contributed by atoms with Gasteiger partial charge in [0.05, 0.1) is 5.69 Å². The number of piperidine rings is 1. The van der Waals surface area contributed by atoms with Crippen molar-refractivity contribution in [1.82, 2.24) is 10.3 Å². The topological polar surface area (TPSA) is 28.2 Å². The van der Waals surface area contributed by atoms with Crippen molar-refractivity contribution in [2.24, 2.45) is 5.92 Å². The van der Waals surface area contributed by atoms with E-state index in [0.717, 1.165) is 25.6 Å². The summed E-state index contributed by atoms with van der Waals surface area (Å²) < 4.78 is 0. The molecule has 1 aromatic rings. The van der Waals surface area contributed by atoms with Gasteiger partial charge < -0.3 is 10.2 Å². The largest absolute Gasteiger partial charge is 0.348 e. The fourth-order valence-electron chi connectivity index (χ4n) is 2.78. The lowest BCUT2D eigenvalue weighted by molar-refractivity contribution is 0.445. The maximum Gasteiger partial charge on any atom is 0.185 e. The quantitative estimate of drug-likeness (QED) is 0.916. The first-order chi connectivity index (χ1) is 9.41. The van der Waals surface area contributed by atoms with E-state index in [1.54, 1.807) is 0 Å². The molecular formula is C16H29N3S. The monoisotopic (exact) mass is 295 g/mol. The van der Waals surface area contributed by atoms with Crippen LogP contribution in [0.25, 0.3) is 0 Å². The van der Waals surface area contributed by atoms with Crippen molar-refractivity contribution in [2.45, 2.75) is 59.4 Å². The number of thiazole rings is 1. The first-order valence-electron chi connectivity index (χ1n) is 7.87. The molecule has 1 fully saturated rings. The fraction of sp³-hybridized carbons (Fsp3) is 0.812. The van der Waals surface area contributed by atoms with Crippen LogP contribution in [0.3, 0.4) is 0 Å². The molecule has 1 unspecified atom stereocenters. The highest BCUT2D eigenvalue weighted by molar-refractivity contribution is 7.15. The first-order valence-corrected chi connectivity index (χ1v) is 8.69. The molecule has 1 aliphatic rings. The van der Waals surface area contributed by atoms with Gasteiger partial charge in [-0.3, -0.25) is 0 Å². The summed E-state index contributed by atoms with van der Waals surface area (Å²) in [6, 6.07) is 0. The highest BCUT2D eigenvalue weighted by Crippen LogP contribution is 2.35. The lowest BCUT2D eigenvalue weighted by Crippen LogP contribution is -2.34. The van der Waals surface area contributed by atoms with Gasteiger partial charge in [-0.25, -0.2) is 4.98 Å². The summed E-state index contributed by atoms with van der Waals surface area (Å²) in [5.74, 6) is 0.794. The van der Waals surface area contributed by atoms with Gasteiger partial charge in [-0.15, -0.1) is 11.3 Å². The number of rotatable bonds is 4. The van der Waals surface area contributed by atoms with Crippen LogP contribution in [-0.4, -0.2) is 24.6 Å². The third-order valence-electron chi connectivity index (χ3n) is 3.86. The van der Waals surface area contributed by atoms with Crippen molar-refractivity contribution in [2.75, 3.05) is 24.5 Å². The van der Waals surface area contributed by atoms with Crippen molar-refractivity contribution < 1.29 is 0 Å². The minimum atomic E-state index is 0.126. The average Bonchev–Trinajstić information content (AvgIpc) is 2.80. The Balaban J connectivity index is 2.23. The minimum Gasteiger partial charge on any atom is -0.348 e. The van der Waals surface area contributed by atoms with E-state index in [9.17, 15) is 0 Å². The Morgan fingerprint density at radius 3 is 2.75 bits per heavy atom. The molecule has 114 valence electrons. The lowest BCUT2D eigenvalue weighted by atomic mass is 9.91. The summed E-state index contributed by atoms with van der Waals surface area (Å²) in [7, 11) is 0. The number of nitrogens with zero attached hydrogens (tertiary/aromatic N) is 2. The zero-order valence-electron chi connectivity index (χ0n) is 13.6. The predicted molar refractivity (Wildman–Crippen MR) is 88.8 cm³/mol. The van der Waals surface area contributed by atoms with Crippen LogP contribution in [-0.2, 0) is 12.0 Å². The van der Waals surface area contributed by atoms with Crippen LogP contribution in [0.1, 0.15) is 58.0 Å². The Hall–Kier alpha value is -0.610. The van der Waals surface area contributed by atoms with E-state index in [4.69, 9.17) is 4.98 Å². The number of nitrogens with one attached hydrogen (secondary N) is 1. The van der Waals surface area contributed by atoms with Crippen molar-refractivity contribution >= 4 is 16.5 Å². The van der Waals surface area contributed by atoms with Crippen LogP contribution >= 0.6 is 11.3 Å². The summed E-state index contributed by atoms with van der Waals surface area (Å²) in [6.07, 6.45) is 2.66. The molecule has 0 aliphatic carbocycles. The van der Waals surface area contributed by atoms with Crippen molar-refractivity contribution in [3.63, 3.8) is 0 Å². The second-order valence-corrected chi connectivity index (χ2v) is 8.05. The summed E-state index contributed by atoms with van der Waals surface area (Å²) in [6.45, 7) is 15.6. The van der Waals surface area contributed by atoms with Crippen LogP contribution in [0.4, 0.5) is 5.13 Å². The Kier molecular flexibility index (Phi) is 5.08.